The molecule has 112 valence electrons. The van der Waals surface area contributed by atoms with Gasteiger partial charge in [0.25, 0.3) is 0 Å². The summed E-state index contributed by atoms with van der Waals surface area (Å²) in [5.41, 5.74) is 1.62. The first-order valence-corrected chi connectivity index (χ1v) is 8.59. The van der Waals surface area contributed by atoms with Crippen LogP contribution in [0, 0.1) is 0 Å². The van der Waals surface area contributed by atoms with Crippen molar-refractivity contribution in [2.75, 3.05) is 19.1 Å². The first-order valence-electron chi connectivity index (χ1n) is 6.53. The van der Waals surface area contributed by atoms with Crippen LogP contribution in [0.2, 0.25) is 0 Å². The SMILES string of the molecule is COc1cc2c(cc1C(O)CCS(C)(=O)=O)OC(C)C2. The molecule has 0 spiro atoms. The maximum absolute atomic E-state index is 11.2. The standard InChI is InChI=1S/C14H20O5S/c1-9-6-10-7-14(18-2)11(8-13(10)19-9)12(15)4-5-20(3,16)17/h7-9,12,15H,4-6H2,1-3H3. The van der Waals surface area contributed by atoms with E-state index in [0.717, 1.165) is 24.0 Å². The van der Waals surface area contributed by atoms with Crippen LogP contribution in [0.3, 0.4) is 0 Å². The Hall–Kier alpha value is -1.27. The number of rotatable bonds is 5. The zero-order valence-electron chi connectivity index (χ0n) is 11.9. The van der Waals surface area contributed by atoms with E-state index >= 15 is 0 Å². The fourth-order valence-corrected chi connectivity index (χ4v) is 3.02. The summed E-state index contributed by atoms with van der Waals surface area (Å²) in [7, 11) is -1.56. The molecule has 5 nitrogen and oxygen atoms in total. The Kier molecular flexibility index (Phi) is 4.25. The second-order valence-corrected chi connectivity index (χ2v) is 7.53. The molecule has 20 heavy (non-hydrogen) atoms. The van der Waals surface area contributed by atoms with Crippen molar-refractivity contribution in [1.29, 1.82) is 0 Å². The van der Waals surface area contributed by atoms with E-state index in [1.165, 1.54) is 7.11 Å². The average Bonchev–Trinajstić information content (AvgIpc) is 2.72. The summed E-state index contributed by atoms with van der Waals surface area (Å²) < 4.78 is 33.3. The number of aliphatic hydroxyl groups excluding tert-OH is 1. The maximum atomic E-state index is 11.2. The van der Waals surface area contributed by atoms with Crippen molar-refractivity contribution in [3.8, 4) is 11.5 Å². The van der Waals surface area contributed by atoms with Gasteiger partial charge in [0.05, 0.1) is 19.0 Å². The highest BCUT2D eigenvalue weighted by atomic mass is 32.2. The van der Waals surface area contributed by atoms with Gasteiger partial charge in [-0.3, -0.25) is 0 Å². The molecular weight excluding hydrogens is 280 g/mol. The van der Waals surface area contributed by atoms with Gasteiger partial charge in [-0.05, 0) is 25.5 Å². The van der Waals surface area contributed by atoms with E-state index in [2.05, 4.69) is 0 Å². The Labute approximate surface area is 119 Å². The molecule has 0 radical (unpaired) electrons. The van der Waals surface area contributed by atoms with E-state index in [1.807, 2.05) is 13.0 Å². The Bertz CT molecular complexity index is 594. The lowest BCUT2D eigenvalue weighted by atomic mass is 10.0. The molecule has 1 N–H and O–H groups in total. The summed E-state index contributed by atoms with van der Waals surface area (Å²) in [6.07, 6.45) is 1.34. The van der Waals surface area contributed by atoms with Gasteiger partial charge in [0.2, 0.25) is 0 Å². The second-order valence-electron chi connectivity index (χ2n) is 5.27. The number of ether oxygens (including phenoxy) is 2. The summed E-state index contributed by atoms with van der Waals surface area (Å²) in [6.45, 7) is 1.98. The quantitative estimate of drug-likeness (QED) is 0.892. The molecule has 0 bridgehead atoms. The third-order valence-electron chi connectivity index (χ3n) is 3.37. The summed E-state index contributed by atoms with van der Waals surface area (Å²) >= 11 is 0. The van der Waals surface area contributed by atoms with Gasteiger partial charge in [-0.1, -0.05) is 0 Å². The van der Waals surface area contributed by atoms with Crippen molar-refractivity contribution in [1.82, 2.24) is 0 Å². The van der Waals surface area contributed by atoms with Gasteiger partial charge in [-0.2, -0.15) is 0 Å². The minimum absolute atomic E-state index is 0.0638. The summed E-state index contributed by atoms with van der Waals surface area (Å²) in [6, 6.07) is 3.61. The van der Waals surface area contributed by atoms with E-state index < -0.39 is 15.9 Å². The normalized spacial score (nSPS) is 19.3. The molecule has 2 unspecified atom stereocenters. The highest BCUT2D eigenvalue weighted by molar-refractivity contribution is 7.90. The Morgan fingerprint density at radius 2 is 2.20 bits per heavy atom. The minimum Gasteiger partial charge on any atom is -0.496 e. The first-order chi connectivity index (χ1) is 9.30. The Balaban J connectivity index is 2.25. The van der Waals surface area contributed by atoms with Crippen LogP contribution in [0.1, 0.15) is 30.6 Å². The molecule has 6 heteroatoms. The molecule has 1 aromatic rings. The third kappa shape index (κ3) is 3.43. The summed E-state index contributed by atoms with van der Waals surface area (Å²) in [5, 5.41) is 10.2. The van der Waals surface area contributed by atoms with E-state index in [4.69, 9.17) is 9.47 Å². The topological polar surface area (TPSA) is 72.8 Å². The fraction of sp³-hybridized carbons (Fsp3) is 0.571. The number of methoxy groups -OCH3 is 1. The van der Waals surface area contributed by atoms with Gasteiger partial charge >= 0.3 is 0 Å². The van der Waals surface area contributed by atoms with Crippen LogP contribution in [0.4, 0.5) is 0 Å². The van der Waals surface area contributed by atoms with Crippen molar-refractivity contribution in [3.63, 3.8) is 0 Å². The number of aliphatic hydroxyl groups is 1. The molecule has 1 aliphatic heterocycles. The zero-order chi connectivity index (χ0) is 14.9. The molecule has 0 amide bonds. The van der Waals surface area contributed by atoms with Crippen molar-refractivity contribution >= 4 is 9.84 Å². The van der Waals surface area contributed by atoms with Crippen molar-refractivity contribution < 1.29 is 23.0 Å². The van der Waals surface area contributed by atoms with Gasteiger partial charge < -0.3 is 14.6 Å². The number of fused-ring (bicyclic) bond motifs is 1. The van der Waals surface area contributed by atoms with E-state index in [1.54, 1.807) is 6.07 Å². The van der Waals surface area contributed by atoms with Gasteiger partial charge in [0.1, 0.15) is 27.4 Å². The molecule has 1 heterocycles. The number of sulfone groups is 1. The van der Waals surface area contributed by atoms with Gasteiger partial charge in [-0.15, -0.1) is 0 Å². The van der Waals surface area contributed by atoms with E-state index in [9.17, 15) is 13.5 Å². The lowest BCUT2D eigenvalue weighted by Crippen LogP contribution is -2.09. The van der Waals surface area contributed by atoms with Crippen LogP contribution in [0.5, 0.6) is 11.5 Å². The van der Waals surface area contributed by atoms with Crippen molar-refractivity contribution in [2.45, 2.75) is 32.0 Å². The van der Waals surface area contributed by atoms with Gasteiger partial charge in [0.15, 0.2) is 0 Å². The zero-order valence-corrected chi connectivity index (χ0v) is 12.7. The lowest BCUT2D eigenvalue weighted by Gasteiger charge is -2.16. The monoisotopic (exact) mass is 300 g/mol. The van der Waals surface area contributed by atoms with Crippen LogP contribution in [0.15, 0.2) is 12.1 Å². The minimum atomic E-state index is -3.10. The number of benzene rings is 1. The fourth-order valence-electron chi connectivity index (χ4n) is 2.37. The molecule has 0 aromatic heterocycles. The summed E-state index contributed by atoms with van der Waals surface area (Å²) in [5.74, 6) is 1.25. The molecule has 1 aromatic carbocycles. The third-order valence-corrected chi connectivity index (χ3v) is 4.35. The van der Waals surface area contributed by atoms with E-state index in [-0.39, 0.29) is 18.3 Å². The van der Waals surface area contributed by atoms with Crippen molar-refractivity contribution in [2.24, 2.45) is 0 Å². The predicted octanol–water partition coefficient (Wildman–Crippen LogP) is 1.49. The predicted molar refractivity (Wildman–Crippen MR) is 76.1 cm³/mol. The lowest BCUT2D eigenvalue weighted by molar-refractivity contribution is 0.169. The van der Waals surface area contributed by atoms with Crippen LogP contribution in [0.25, 0.3) is 0 Å². The molecule has 0 saturated heterocycles. The first kappa shape index (κ1) is 15.1. The molecule has 0 aliphatic carbocycles. The second kappa shape index (κ2) is 5.61. The maximum Gasteiger partial charge on any atom is 0.147 e. The van der Waals surface area contributed by atoms with Crippen LogP contribution in [-0.2, 0) is 16.3 Å². The molecule has 2 atom stereocenters. The molecule has 0 saturated carbocycles. The van der Waals surface area contributed by atoms with Crippen LogP contribution >= 0.6 is 0 Å². The smallest absolute Gasteiger partial charge is 0.147 e. The highest BCUT2D eigenvalue weighted by Crippen LogP contribution is 2.38. The Morgan fingerprint density at radius 3 is 2.80 bits per heavy atom. The van der Waals surface area contributed by atoms with Gasteiger partial charge in [-0.25, -0.2) is 8.42 Å². The molecule has 0 fully saturated rings. The van der Waals surface area contributed by atoms with Crippen molar-refractivity contribution in [3.05, 3.63) is 23.3 Å². The van der Waals surface area contributed by atoms with Gasteiger partial charge in [0, 0.05) is 23.8 Å². The highest BCUT2D eigenvalue weighted by Gasteiger charge is 2.24. The molecule has 2 rings (SSSR count). The van der Waals surface area contributed by atoms with Crippen LogP contribution < -0.4 is 9.47 Å². The van der Waals surface area contributed by atoms with Crippen LogP contribution in [-0.4, -0.2) is 38.7 Å². The molecule has 1 aliphatic rings. The number of hydrogen-bond acceptors (Lipinski definition) is 5. The number of hydrogen-bond donors (Lipinski definition) is 1. The Morgan fingerprint density at radius 1 is 1.50 bits per heavy atom. The average molecular weight is 300 g/mol. The van der Waals surface area contributed by atoms with E-state index in [0.29, 0.717) is 11.3 Å². The molecular formula is C14H20O5S. The largest absolute Gasteiger partial charge is 0.496 e. The summed E-state index contributed by atoms with van der Waals surface area (Å²) in [4.78, 5) is 0.